The van der Waals surface area contributed by atoms with Crippen molar-refractivity contribution in [3.63, 3.8) is 0 Å². The number of halogens is 1. The number of hydrogen-bond donors (Lipinski definition) is 1. The largest absolute Gasteiger partial charge is 0.493 e. The van der Waals surface area contributed by atoms with Gasteiger partial charge in [-0.25, -0.2) is 0 Å². The van der Waals surface area contributed by atoms with Gasteiger partial charge in [-0.3, -0.25) is 14.9 Å². The molecule has 2 aromatic rings. The molecule has 0 saturated carbocycles. The second kappa shape index (κ2) is 8.45. The topological polar surface area (TPSA) is 151 Å². The predicted molar refractivity (Wildman–Crippen MR) is 114 cm³/mol. The summed E-state index contributed by atoms with van der Waals surface area (Å²) in [6, 6.07) is 7.43. The molecule has 0 aromatic heterocycles. The number of nitrogens with zero attached hydrogens (tertiary/aromatic N) is 2. The van der Waals surface area contributed by atoms with Crippen molar-refractivity contribution < 1.29 is 27.1 Å². The first-order valence-electron chi connectivity index (χ1n) is 7.95. The maximum absolute atomic E-state index is 12.6. The Bertz CT molecular complexity index is 1230. The zero-order valence-corrected chi connectivity index (χ0v) is 18.3. The molecular weight excluding hydrogens is 502 g/mol. The van der Waals surface area contributed by atoms with E-state index in [0.29, 0.717) is 10.5 Å². The molecule has 2 aromatic carbocycles. The van der Waals surface area contributed by atoms with Crippen LogP contribution in [0.15, 0.2) is 55.7 Å². The standard InChI is InChI=1S/C17H12BrN3O7S2/c1-27-13-6-9(7-14-16(22)20-17(19)29-14)5-12(18)15(13)28-30(25,26)11-4-2-3-10(8-11)21(23)24/h2-8H,1H3,(H2,19,20,22)/b14-7-. The molecule has 0 fully saturated rings. The van der Waals surface area contributed by atoms with E-state index in [4.69, 9.17) is 14.7 Å². The van der Waals surface area contributed by atoms with Crippen molar-refractivity contribution in [2.75, 3.05) is 7.11 Å². The molecule has 3 rings (SSSR count). The summed E-state index contributed by atoms with van der Waals surface area (Å²) < 4.78 is 35.9. The Morgan fingerprint density at radius 3 is 2.63 bits per heavy atom. The van der Waals surface area contributed by atoms with Gasteiger partial charge in [-0.2, -0.15) is 13.4 Å². The smallest absolute Gasteiger partial charge is 0.339 e. The predicted octanol–water partition coefficient (Wildman–Crippen LogP) is 3.06. The monoisotopic (exact) mass is 513 g/mol. The van der Waals surface area contributed by atoms with E-state index in [2.05, 4.69) is 20.9 Å². The minimum absolute atomic E-state index is 0.0505. The molecule has 0 radical (unpaired) electrons. The number of rotatable bonds is 6. The van der Waals surface area contributed by atoms with Crippen molar-refractivity contribution in [3.05, 3.63) is 61.5 Å². The highest BCUT2D eigenvalue weighted by Crippen LogP contribution is 2.40. The number of amidine groups is 1. The van der Waals surface area contributed by atoms with Gasteiger partial charge in [-0.15, -0.1) is 0 Å². The third-order valence-electron chi connectivity index (χ3n) is 3.70. The summed E-state index contributed by atoms with van der Waals surface area (Å²) in [6.07, 6.45) is 1.52. The number of nitrogens with two attached hydrogens (primary N) is 1. The van der Waals surface area contributed by atoms with Crippen molar-refractivity contribution in [3.8, 4) is 11.5 Å². The highest BCUT2D eigenvalue weighted by molar-refractivity contribution is 9.10. The zero-order chi connectivity index (χ0) is 22.1. The van der Waals surface area contributed by atoms with Gasteiger partial charge in [0.25, 0.3) is 11.6 Å². The number of carbonyl (C=O) groups excluding carboxylic acids is 1. The Morgan fingerprint density at radius 1 is 1.30 bits per heavy atom. The molecule has 0 unspecified atom stereocenters. The quantitative estimate of drug-likeness (QED) is 0.265. The molecule has 1 heterocycles. The van der Waals surface area contributed by atoms with Crippen molar-refractivity contribution in [1.29, 1.82) is 0 Å². The number of ether oxygens (including phenoxy) is 1. The maximum atomic E-state index is 12.6. The van der Waals surface area contributed by atoms with Crippen LogP contribution < -0.4 is 14.7 Å². The fourth-order valence-electron chi connectivity index (χ4n) is 2.39. The molecule has 156 valence electrons. The lowest BCUT2D eigenvalue weighted by Gasteiger charge is -2.13. The van der Waals surface area contributed by atoms with E-state index < -0.39 is 31.5 Å². The van der Waals surface area contributed by atoms with Crippen LogP contribution in [0.5, 0.6) is 11.5 Å². The number of carbonyl (C=O) groups is 1. The van der Waals surface area contributed by atoms with Crippen LogP contribution in [0.3, 0.4) is 0 Å². The molecule has 10 nitrogen and oxygen atoms in total. The molecule has 2 N–H and O–H groups in total. The molecular formula is C17H12BrN3O7S2. The average Bonchev–Trinajstić information content (AvgIpc) is 3.00. The molecule has 0 spiro atoms. The van der Waals surface area contributed by atoms with Crippen molar-refractivity contribution in [1.82, 2.24) is 0 Å². The highest BCUT2D eigenvalue weighted by atomic mass is 79.9. The molecule has 13 heteroatoms. The summed E-state index contributed by atoms with van der Waals surface area (Å²) in [4.78, 5) is 25.5. The number of thioether (sulfide) groups is 1. The third-order valence-corrected chi connectivity index (χ3v) is 6.32. The Labute approximate surface area is 183 Å². The van der Waals surface area contributed by atoms with Crippen molar-refractivity contribution in [2.24, 2.45) is 10.7 Å². The van der Waals surface area contributed by atoms with Crippen LogP contribution in [0.4, 0.5) is 5.69 Å². The molecule has 1 amide bonds. The second-order valence-electron chi connectivity index (χ2n) is 5.69. The number of aliphatic imine (C=N–C) groups is 1. The normalized spacial score (nSPS) is 15.2. The van der Waals surface area contributed by atoms with Gasteiger partial charge in [-0.1, -0.05) is 6.07 Å². The van der Waals surface area contributed by atoms with Gasteiger partial charge >= 0.3 is 10.1 Å². The molecule has 1 aliphatic rings. The number of non-ortho nitro benzene ring substituents is 1. The first kappa shape index (κ1) is 21.8. The molecule has 0 aliphatic carbocycles. The summed E-state index contributed by atoms with van der Waals surface area (Å²) in [7, 11) is -3.09. The first-order chi connectivity index (χ1) is 14.1. The number of benzene rings is 2. The molecule has 0 bridgehead atoms. The number of nitro benzene ring substituents is 1. The van der Waals surface area contributed by atoms with E-state index >= 15 is 0 Å². The van der Waals surface area contributed by atoms with Crippen LogP contribution in [-0.4, -0.2) is 31.5 Å². The average molecular weight is 514 g/mol. The molecule has 30 heavy (non-hydrogen) atoms. The van der Waals surface area contributed by atoms with Crippen LogP contribution >= 0.6 is 27.7 Å². The van der Waals surface area contributed by atoms with E-state index in [1.54, 1.807) is 0 Å². The summed E-state index contributed by atoms with van der Waals surface area (Å²) in [5.41, 5.74) is 5.63. The van der Waals surface area contributed by atoms with Gasteiger partial charge in [0, 0.05) is 12.1 Å². The number of hydrogen-bond acceptors (Lipinski definition) is 9. The van der Waals surface area contributed by atoms with Gasteiger partial charge in [-0.05, 0) is 57.5 Å². The van der Waals surface area contributed by atoms with Gasteiger partial charge in [0.2, 0.25) is 0 Å². The maximum Gasteiger partial charge on any atom is 0.339 e. The molecule has 1 aliphatic heterocycles. The van der Waals surface area contributed by atoms with Crippen LogP contribution in [-0.2, 0) is 14.9 Å². The van der Waals surface area contributed by atoms with Gasteiger partial charge in [0.15, 0.2) is 16.7 Å². The SMILES string of the molecule is COc1cc(/C=C2\SC(N)=NC2=O)cc(Br)c1OS(=O)(=O)c1cccc([N+](=O)[O-])c1. The Morgan fingerprint density at radius 2 is 2.03 bits per heavy atom. The molecule has 0 saturated heterocycles. The second-order valence-corrected chi connectivity index (χ2v) is 9.15. The lowest BCUT2D eigenvalue weighted by Crippen LogP contribution is -2.11. The van der Waals surface area contributed by atoms with Crippen LogP contribution in [0.1, 0.15) is 5.56 Å². The van der Waals surface area contributed by atoms with Crippen LogP contribution in [0.25, 0.3) is 6.08 Å². The van der Waals surface area contributed by atoms with E-state index in [-0.39, 0.29) is 21.1 Å². The summed E-state index contributed by atoms with van der Waals surface area (Å²) in [5, 5.41) is 11.0. The summed E-state index contributed by atoms with van der Waals surface area (Å²) in [6.45, 7) is 0. The van der Waals surface area contributed by atoms with Crippen molar-refractivity contribution >= 4 is 60.6 Å². The zero-order valence-electron chi connectivity index (χ0n) is 15.1. The Balaban J connectivity index is 1.97. The summed E-state index contributed by atoms with van der Waals surface area (Å²) in [5.74, 6) is -0.594. The number of nitro groups is 1. The fourth-order valence-corrected chi connectivity index (χ4v) is 4.72. The van der Waals surface area contributed by atoms with E-state index in [1.165, 1.54) is 37.5 Å². The summed E-state index contributed by atoms with van der Waals surface area (Å²) >= 11 is 4.23. The van der Waals surface area contributed by atoms with E-state index in [0.717, 1.165) is 23.9 Å². The minimum Gasteiger partial charge on any atom is -0.493 e. The lowest BCUT2D eigenvalue weighted by molar-refractivity contribution is -0.385. The Hall–Kier alpha value is -2.90. The van der Waals surface area contributed by atoms with Crippen LogP contribution in [0.2, 0.25) is 0 Å². The van der Waals surface area contributed by atoms with E-state index in [1.807, 2.05) is 0 Å². The number of amides is 1. The third kappa shape index (κ3) is 4.63. The minimum atomic E-state index is -4.40. The van der Waals surface area contributed by atoms with Gasteiger partial charge in [0.1, 0.15) is 4.90 Å². The number of methoxy groups -OCH3 is 1. The first-order valence-corrected chi connectivity index (χ1v) is 11.0. The van der Waals surface area contributed by atoms with E-state index in [9.17, 15) is 23.3 Å². The van der Waals surface area contributed by atoms with Gasteiger partial charge in [0.05, 0.1) is 21.4 Å². The van der Waals surface area contributed by atoms with Gasteiger partial charge < -0.3 is 14.7 Å². The lowest BCUT2D eigenvalue weighted by atomic mass is 10.2. The molecule has 0 atom stereocenters. The Kier molecular flexibility index (Phi) is 6.14. The van der Waals surface area contributed by atoms with Crippen LogP contribution in [0, 0.1) is 10.1 Å². The fraction of sp³-hybridized carbons (Fsp3) is 0.0588. The highest BCUT2D eigenvalue weighted by Gasteiger charge is 2.25. The van der Waals surface area contributed by atoms with Crippen molar-refractivity contribution in [2.45, 2.75) is 4.90 Å².